The van der Waals surface area contributed by atoms with Crippen LogP contribution in [0.2, 0.25) is 0 Å². The molecule has 2 fully saturated rings. The molecule has 4 nitrogen and oxygen atoms in total. The van der Waals surface area contributed by atoms with Crippen molar-refractivity contribution in [2.24, 2.45) is 0 Å². The number of aliphatic hydroxyl groups excluding tert-OH is 1. The van der Waals surface area contributed by atoms with Gasteiger partial charge in [0, 0.05) is 6.42 Å². The molecule has 2 heterocycles. The van der Waals surface area contributed by atoms with Gasteiger partial charge >= 0.3 is 5.97 Å². The van der Waals surface area contributed by atoms with Gasteiger partial charge in [-0.1, -0.05) is 30.3 Å². The average Bonchev–Trinajstić information content (AvgIpc) is 2.68. The van der Waals surface area contributed by atoms with Gasteiger partial charge in [-0.15, -0.1) is 0 Å². The van der Waals surface area contributed by atoms with E-state index >= 15 is 0 Å². The van der Waals surface area contributed by atoms with Gasteiger partial charge in [0.2, 0.25) is 0 Å². The molecule has 90 valence electrons. The molecular formula is C13H14O4. The van der Waals surface area contributed by atoms with E-state index < -0.39 is 18.3 Å². The fourth-order valence-corrected chi connectivity index (χ4v) is 2.51. The van der Waals surface area contributed by atoms with Gasteiger partial charge in [0.25, 0.3) is 0 Å². The first-order chi connectivity index (χ1) is 8.25. The lowest BCUT2D eigenvalue weighted by Gasteiger charge is -2.24. The van der Waals surface area contributed by atoms with E-state index in [9.17, 15) is 9.90 Å². The molecule has 3 rings (SSSR count). The van der Waals surface area contributed by atoms with Gasteiger partial charge in [0.05, 0.1) is 6.10 Å². The fourth-order valence-electron chi connectivity index (χ4n) is 2.51. The maximum absolute atomic E-state index is 11.2. The zero-order chi connectivity index (χ0) is 11.8. The smallest absolute Gasteiger partial charge is 0.306 e. The average molecular weight is 234 g/mol. The summed E-state index contributed by atoms with van der Waals surface area (Å²) >= 11 is 0. The predicted molar refractivity (Wildman–Crippen MR) is 59.2 cm³/mol. The number of esters is 1. The monoisotopic (exact) mass is 234 g/mol. The fraction of sp³-hybridized carbons (Fsp3) is 0.462. The molecule has 0 aromatic heterocycles. The summed E-state index contributed by atoms with van der Waals surface area (Å²) in [5.74, 6) is -0.248. The number of fused-ring (bicyclic) bond motifs is 1. The van der Waals surface area contributed by atoms with E-state index in [1.165, 1.54) is 0 Å². The quantitative estimate of drug-likeness (QED) is 0.742. The van der Waals surface area contributed by atoms with Crippen molar-refractivity contribution in [3.05, 3.63) is 35.9 Å². The van der Waals surface area contributed by atoms with Crippen LogP contribution in [0.4, 0.5) is 0 Å². The molecule has 17 heavy (non-hydrogen) atoms. The third-order valence-electron chi connectivity index (χ3n) is 3.36. The van der Waals surface area contributed by atoms with E-state index in [0.717, 1.165) is 5.56 Å². The molecule has 0 saturated carbocycles. The Labute approximate surface area is 99.2 Å². The van der Waals surface area contributed by atoms with Crippen LogP contribution >= 0.6 is 0 Å². The molecule has 4 heteroatoms. The Morgan fingerprint density at radius 2 is 2.00 bits per heavy atom. The number of carbonyl (C=O) groups excluding carboxylic acids is 1. The summed E-state index contributed by atoms with van der Waals surface area (Å²) in [7, 11) is 0. The Morgan fingerprint density at radius 3 is 2.76 bits per heavy atom. The molecule has 2 aliphatic heterocycles. The summed E-state index contributed by atoms with van der Waals surface area (Å²) in [5, 5.41) is 10.2. The van der Waals surface area contributed by atoms with Crippen molar-refractivity contribution in [3.63, 3.8) is 0 Å². The van der Waals surface area contributed by atoms with Crippen molar-refractivity contribution in [1.82, 2.24) is 0 Å². The van der Waals surface area contributed by atoms with Crippen molar-refractivity contribution in [3.8, 4) is 0 Å². The van der Waals surface area contributed by atoms with Crippen LogP contribution in [0, 0.1) is 0 Å². The van der Waals surface area contributed by atoms with Crippen LogP contribution in [0.5, 0.6) is 0 Å². The Balaban J connectivity index is 1.83. The summed E-state index contributed by atoms with van der Waals surface area (Å²) in [6, 6.07) is 9.54. The van der Waals surface area contributed by atoms with Gasteiger partial charge in [0.15, 0.2) is 6.10 Å². The summed E-state index contributed by atoms with van der Waals surface area (Å²) in [6.45, 7) is 0. The largest absolute Gasteiger partial charge is 0.457 e. The first-order valence-corrected chi connectivity index (χ1v) is 5.83. The van der Waals surface area contributed by atoms with Crippen LogP contribution in [0.25, 0.3) is 0 Å². The van der Waals surface area contributed by atoms with Crippen LogP contribution in [0.15, 0.2) is 30.3 Å². The molecule has 0 unspecified atom stereocenters. The Hall–Kier alpha value is -1.39. The second-order valence-electron chi connectivity index (χ2n) is 4.49. The minimum Gasteiger partial charge on any atom is -0.457 e. The lowest BCUT2D eigenvalue weighted by molar-refractivity contribution is -0.162. The summed E-state index contributed by atoms with van der Waals surface area (Å²) in [6.07, 6.45) is -0.850. The molecule has 0 spiro atoms. The molecule has 2 aliphatic rings. The summed E-state index contributed by atoms with van der Waals surface area (Å²) in [5.41, 5.74) is 0.922. The van der Waals surface area contributed by atoms with Crippen molar-refractivity contribution >= 4 is 5.97 Å². The van der Waals surface area contributed by atoms with Gasteiger partial charge in [-0.05, 0) is 12.0 Å². The van der Waals surface area contributed by atoms with E-state index in [-0.39, 0.29) is 12.1 Å². The molecular weight excluding hydrogens is 220 g/mol. The topological polar surface area (TPSA) is 55.8 Å². The molecule has 1 aromatic carbocycles. The number of carbonyl (C=O) groups is 1. The highest BCUT2D eigenvalue weighted by molar-refractivity contribution is 5.70. The molecule has 0 amide bonds. The minimum atomic E-state index is -0.772. The number of benzene rings is 1. The predicted octanol–water partition coefficient (Wildman–Crippen LogP) is 1.19. The summed E-state index contributed by atoms with van der Waals surface area (Å²) < 4.78 is 10.9. The van der Waals surface area contributed by atoms with Gasteiger partial charge in [0.1, 0.15) is 12.2 Å². The SMILES string of the molecule is O=C1CC[C@@H]2O[C@H](c3ccccc3)[C@@H](O)[C@H]2O1. The number of aliphatic hydroxyl groups is 1. The molecule has 0 bridgehead atoms. The lowest BCUT2D eigenvalue weighted by Crippen LogP contribution is -2.39. The number of ether oxygens (including phenoxy) is 2. The first kappa shape index (κ1) is 10.7. The van der Waals surface area contributed by atoms with Gasteiger partial charge in [-0.2, -0.15) is 0 Å². The van der Waals surface area contributed by atoms with Crippen LogP contribution in [0.1, 0.15) is 24.5 Å². The third-order valence-corrected chi connectivity index (χ3v) is 3.36. The summed E-state index contributed by atoms with van der Waals surface area (Å²) in [4.78, 5) is 11.2. The second-order valence-corrected chi connectivity index (χ2v) is 4.49. The number of rotatable bonds is 1. The zero-order valence-electron chi connectivity index (χ0n) is 9.28. The second kappa shape index (κ2) is 4.13. The Morgan fingerprint density at radius 1 is 1.24 bits per heavy atom. The normalized spacial score (nSPS) is 36.4. The highest BCUT2D eigenvalue weighted by Gasteiger charge is 2.48. The molecule has 1 aromatic rings. The minimum absolute atomic E-state index is 0.173. The molecule has 1 N–H and O–H groups in total. The maximum Gasteiger partial charge on any atom is 0.306 e. The lowest BCUT2D eigenvalue weighted by atomic mass is 9.98. The number of hydrogen-bond donors (Lipinski definition) is 1. The van der Waals surface area contributed by atoms with Gasteiger partial charge in [-0.25, -0.2) is 0 Å². The highest BCUT2D eigenvalue weighted by Crippen LogP contribution is 2.38. The van der Waals surface area contributed by atoms with Crippen molar-refractivity contribution in [2.75, 3.05) is 0 Å². The highest BCUT2D eigenvalue weighted by atomic mass is 16.6. The number of hydrogen-bond acceptors (Lipinski definition) is 4. The van der Waals surface area contributed by atoms with E-state index in [2.05, 4.69) is 0 Å². The van der Waals surface area contributed by atoms with E-state index in [1.807, 2.05) is 30.3 Å². The third kappa shape index (κ3) is 1.83. The maximum atomic E-state index is 11.2. The van der Waals surface area contributed by atoms with Crippen LogP contribution in [0.3, 0.4) is 0 Å². The van der Waals surface area contributed by atoms with Crippen LogP contribution < -0.4 is 0 Å². The Bertz CT molecular complexity index is 417. The van der Waals surface area contributed by atoms with Crippen LogP contribution in [-0.2, 0) is 14.3 Å². The standard InChI is InChI=1S/C13H14O4/c14-10-7-6-9-13(17-10)11(15)12(16-9)8-4-2-1-3-5-8/h1-5,9,11-13,15H,6-7H2/t9-,11+,12+,13-/m0/s1. The van der Waals surface area contributed by atoms with Crippen molar-refractivity contribution < 1.29 is 19.4 Å². The first-order valence-electron chi connectivity index (χ1n) is 5.83. The van der Waals surface area contributed by atoms with E-state index in [4.69, 9.17) is 9.47 Å². The van der Waals surface area contributed by atoms with Crippen LogP contribution in [-0.4, -0.2) is 29.4 Å². The molecule has 0 radical (unpaired) electrons. The van der Waals surface area contributed by atoms with Crippen molar-refractivity contribution in [2.45, 2.75) is 37.3 Å². The van der Waals surface area contributed by atoms with Gasteiger partial charge in [-0.3, -0.25) is 4.79 Å². The molecule has 2 saturated heterocycles. The van der Waals surface area contributed by atoms with E-state index in [0.29, 0.717) is 12.8 Å². The van der Waals surface area contributed by atoms with Crippen molar-refractivity contribution in [1.29, 1.82) is 0 Å². The zero-order valence-corrected chi connectivity index (χ0v) is 9.28. The molecule has 4 atom stereocenters. The van der Waals surface area contributed by atoms with Gasteiger partial charge < -0.3 is 14.6 Å². The van der Waals surface area contributed by atoms with E-state index in [1.54, 1.807) is 0 Å². The Kier molecular flexibility index (Phi) is 2.61. The molecule has 0 aliphatic carbocycles.